The maximum Gasteiger partial charge on any atom is 0.277 e. The van der Waals surface area contributed by atoms with Crippen molar-refractivity contribution in [1.82, 2.24) is 9.71 Å². The van der Waals surface area contributed by atoms with Gasteiger partial charge in [0.25, 0.3) is 15.9 Å². The fourth-order valence-corrected chi connectivity index (χ4v) is 6.20. The molecule has 1 amide bonds. The van der Waals surface area contributed by atoms with Gasteiger partial charge in [-0.25, -0.2) is 22.5 Å². The Labute approximate surface area is 166 Å². The highest BCUT2D eigenvalue weighted by molar-refractivity contribution is 7.90. The first-order chi connectivity index (χ1) is 12.2. The summed E-state index contributed by atoms with van der Waals surface area (Å²) >= 11 is 13.5. The van der Waals surface area contributed by atoms with Gasteiger partial charge in [-0.1, -0.05) is 23.2 Å². The summed E-state index contributed by atoms with van der Waals surface area (Å²) in [7, 11) is -4.17. The van der Waals surface area contributed by atoms with Gasteiger partial charge in [-0.05, 0) is 37.3 Å². The highest BCUT2D eigenvalue weighted by Gasteiger charge is 2.26. The van der Waals surface area contributed by atoms with Gasteiger partial charge in [-0.2, -0.15) is 0 Å². The lowest BCUT2D eigenvalue weighted by Gasteiger charge is -2.04. The maximum absolute atomic E-state index is 13.0. The van der Waals surface area contributed by atoms with Crippen LogP contribution >= 0.6 is 45.9 Å². The first-order valence-electron chi connectivity index (χ1n) is 6.93. The van der Waals surface area contributed by atoms with Crippen molar-refractivity contribution in [3.05, 3.63) is 55.4 Å². The third-order valence-electron chi connectivity index (χ3n) is 3.24. The molecule has 0 aliphatic rings. The first-order valence-corrected chi connectivity index (χ1v) is 10.8. The van der Waals surface area contributed by atoms with E-state index in [2.05, 4.69) is 4.98 Å². The van der Waals surface area contributed by atoms with E-state index < -0.39 is 21.7 Å². The van der Waals surface area contributed by atoms with Crippen LogP contribution in [0.2, 0.25) is 8.67 Å². The monoisotopic (exact) mass is 450 g/mol. The van der Waals surface area contributed by atoms with Crippen molar-refractivity contribution in [1.29, 1.82) is 0 Å². The molecule has 1 aromatic carbocycles. The van der Waals surface area contributed by atoms with Crippen LogP contribution in [0.25, 0.3) is 10.6 Å². The topological polar surface area (TPSA) is 76.1 Å². The quantitative estimate of drug-likeness (QED) is 0.622. The highest BCUT2D eigenvalue weighted by atomic mass is 35.5. The molecule has 0 radical (unpaired) electrons. The van der Waals surface area contributed by atoms with Crippen molar-refractivity contribution in [3.63, 3.8) is 0 Å². The average molecular weight is 451 g/mol. The molecule has 0 spiro atoms. The van der Waals surface area contributed by atoms with Crippen LogP contribution in [0.3, 0.4) is 0 Å². The van der Waals surface area contributed by atoms with E-state index in [1.807, 2.05) is 4.72 Å². The number of hydrogen-bond donors (Lipinski definition) is 1. The number of aryl methyl sites for hydroxylation is 1. The maximum atomic E-state index is 13.0. The number of nitrogens with zero attached hydrogens (tertiary/aromatic N) is 1. The number of carbonyl (C=O) groups is 1. The van der Waals surface area contributed by atoms with Gasteiger partial charge in [0.15, 0.2) is 0 Å². The molecule has 0 bridgehead atoms. The van der Waals surface area contributed by atoms with Gasteiger partial charge < -0.3 is 0 Å². The highest BCUT2D eigenvalue weighted by Crippen LogP contribution is 2.34. The fraction of sp³-hybridized carbons (Fsp3) is 0.0667. The summed E-state index contributed by atoms with van der Waals surface area (Å²) in [6.45, 7) is 1.58. The Balaban J connectivity index is 1.89. The molecular formula is C15H9Cl2FN2O3S3. The van der Waals surface area contributed by atoms with Gasteiger partial charge in [-0.15, -0.1) is 22.7 Å². The van der Waals surface area contributed by atoms with Crippen molar-refractivity contribution in [3.8, 4) is 10.6 Å². The number of benzene rings is 1. The Hall–Kier alpha value is -1.52. The summed E-state index contributed by atoms with van der Waals surface area (Å²) in [4.78, 5) is 16.5. The van der Waals surface area contributed by atoms with Crippen molar-refractivity contribution >= 4 is 61.8 Å². The van der Waals surface area contributed by atoms with E-state index in [4.69, 9.17) is 23.2 Å². The van der Waals surface area contributed by atoms with Crippen LogP contribution < -0.4 is 4.72 Å². The van der Waals surface area contributed by atoms with Gasteiger partial charge in [0.2, 0.25) is 0 Å². The van der Waals surface area contributed by atoms with E-state index >= 15 is 0 Å². The van der Waals surface area contributed by atoms with Crippen molar-refractivity contribution in [2.75, 3.05) is 0 Å². The second kappa shape index (κ2) is 7.24. The number of thiophene rings is 1. The third-order valence-corrected chi connectivity index (χ3v) is 7.53. The number of carbonyl (C=O) groups excluding carboxylic acids is 1. The van der Waals surface area contributed by atoms with Crippen LogP contribution in [0.4, 0.5) is 4.39 Å². The molecule has 2 aromatic heterocycles. The van der Waals surface area contributed by atoms with Crippen LogP contribution in [0.15, 0.2) is 35.2 Å². The molecule has 2 heterocycles. The summed E-state index contributed by atoms with van der Waals surface area (Å²) in [6, 6.07) is 6.78. The van der Waals surface area contributed by atoms with Crippen molar-refractivity contribution in [2.24, 2.45) is 0 Å². The molecular weight excluding hydrogens is 442 g/mol. The third kappa shape index (κ3) is 3.91. The lowest BCUT2D eigenvalue weighted by Crippen LogP contribution is -2.30. The molecule has 0 atom stereocenters. The molecule has 3 rings (SSSR count). The van der Waals surface area contributed by atoms with Gasteiger partial charge in [0, 0.05) is 5.56 Å². The van der Waals surface area contributed by atoms with E-state index in [-0.39, 0.29) is 18.4 Å². The number of thiazole rings is 1. The van der Waals surface area contributed by atoms with Gasteiger partial charge in [-0.3, -0.25) is 4.79 Å². The minimum Gasteiger partial charge on any atom is -0.267 e. The fourth-order valence-electron chi connectivity index (χ4n) is 2.05. The van der Waals surface area contributed by atoms with Gasteiger partial charge in [0.1, 0.15) is 24.9 Å². The zero-order valence-electron chi connectivity index (χ0n) is 12.9. The zero-order chi connectivity index (χ0) is 19.1. The Kier molecular flexibility index (Phi) is 5.36. The largest absolute Gasteiger partial charge is 0.277 e. The number of nitrogens with one attached hydrogen (secondary N) is 1. The van der Waals surface area contributed by atoms with Crippen LogP contribution in [-0.2, 0) is 10.0 Å². The number of aromatic nitrogens is 1. The second-order valence-corrected chi connectivity index (χ2v) is 10.00. The lowest BCUT2D eigenvalue weighted by atomic mass is 10.2. The molecule has 11 heteroatoms. The SMILES string of the molecule is Cc1nc(-c2ccc(F)cc2)sc1C(=O)NS(=O)(=O)c1cc(Cl)sc1Cl. The van der Waals surface area contributed by atoms with Gasteiger partial charge in [0.05, 0.1) is 10.0 Å². The Bertz CT molecular complexity index is 1090. The normalized spacial score (nSPS) is 11.5. The van der Waals surface area contributed by atoms with Crippen LogP contribution in [0.5, 0.6) is 0 Å². The van der Waals surface area contributed by atoms with Crippen LogP contribution in [0.1, 0.15) is 15.4 Å². The molecule has 0 saturated heterocycles. The smallest absolute Gasteiger partial charge is 0.267 e. The molecule has 5 nitrogen and oxygen atoms in total. The molecule has 0 fully saturated rings. The van der Waals surface area contributed by atoms with E-state index in [1.54, 1.807) is 6.92 Å². The Morgan fingerprint density at radius 2 is 1.85 bits per heavy atom. The Morgan fingerprint density at radius 1 is 1.19 bits per heavy atom. The number of rotatable bonds is 4. The van der Waals surface area contributed by atoms with E-state index in [0.29, 0.717) is 16.3 Å². The van der Waals surface area contributed by atoms with Crippen molar-refractivity contribution < 1.29 is 17.6 Å². The summed E-state index contributed by atoms with van der Waals surface area (Å²) in [5.74, 6) is -1.22. The summed E-state index contributed by atoms with van der Waals surface area (Å²) < 4.78 is 39.8. The number of amides is 1. The summed E-state index contributed by atoms with van der Waals surface area (Å²) in [6.07, 6.45) is 0. The predicted octanol–water partition coefficient (Wildman–Crippen LogP) is 4.74. The molecule has 0 unspecified atom stereocenters. The minimum absolute atomic E-state index is 0.0386. The average Bonchev–Trinajstić information content (AvgIpc) is 3.10. The van der Waals surface area contributed by atoms with E-state index in [0.717, 1.165) is 22.7 Å². The molecule has 0 aliphatic carbocycles. The number of sulfonamides is 1. The first kappa shape index (κ1) is 19.2. The van der Waals surface area contributed by atoms with Gasteiger partial charge >= 0.3 is 0 Å². The minimum atomic E-state index is -4.17. The summed E-state index contributed by atoms with van der Waals surface area (Å²) in [5, 5.41) is 0.474. The molecule has 26 heavy (non-hydrogen) atoms. The second-order valence-electron chi connectivity index (χ2n) is 5.06. The van der Waals surface area contributed by atoms with E-state index in [9.17, 15) is 17.6 Å². The summed E-state index contributed by atoms with van der Waals surface area (Å²) in [5.41, 5.74) is 0.977. The van der Waals surface area contributed by atoms with Crippen molar-refractivity contribution in [2.45, 2.75) is 11.8 Å². The Morgan fingerprint density at radius 3 is 2.42 bits per heavy atom. The number of halogens is 3. The number of hydrogen-bond acceptors (Lipinski definition) is 6. The molecule has 3 aromatic rings. The van der Waals surface area contributed by atoms with E-state index in [1.165, 1.54) is 30.3 Å². The molecule has 1 N–H and O–H groups in total. The molecule has 136 valence electrons. The molecule has 0 aliphatic heterocycles. The molecule has 0 saturated carbocycles. The zero-order valence-corrected chi connectivity index (χ0v) is 16.9. The standard InChI is InChI=1S/C15H9Cl2FN2O3S3/c1-7-12(25-15(19-7)8-2-4-9(18)5-3-8)14(21)20-26(22,23)10-6-11(16)24-13(10)17/h2-6H,1H3,(H,20,21). The predicted molar refractivity (Wildman–Crippen MR) is 101 cm³/mol. The van der Waals surface area contributed by atoms with Crippen LogP contribution in [-0.4, -0.2) is 19.3 Å². The van der Waals surface area contributed by atoms with Crippen LogP contribution in [0, 0.1) is 12.7 Å². The lowest BCUT2D eigenvalue weighted by molar-refractivity contribution is 0.0984.